The highest BCUT2D eigenvalue weighted by atomic mass is 16.5. The van der Waals surface area contributed by atoms with Crippen LogP contribution < -0.4 is 10.1 Å². The van der Waals surface area contributed by atoms with Crippen LogP contribution >= 0.6 is 0 Å². The van der Waals surface area contributed by atoms with Crippen LogP contribution in [0.2, 0.25) is 0 Å². The van der Waals surface area contributed by atoms with Gasteiger partial charge in [0.25, 0.3) is 0 Å². The van der Waals surface area contributed by atoms with Gasteiger partial charge in [0, 0.05) is 25.2 Å². The fraction of sp³-hybridized carbons (Fsp3) is 0.150. The zero-order valence-corrected chi connectivity index (χ0v) is 14.7. The lowest BCUT2D eigenvalue weighted by Gasteiger charge is -2.10. The predicted octanol–water partition coefficient (Wildman–Crippen LogP) is 4.08. The van der Waals surface area contributed by atoms with Crippen molar-refractivity contribution in [2.45, 2.75) is 13.5 Å². The molecule has 0 saturated heterocycles. The molecule has 0 aliphatic heterocycles. The van der Waals surface area contributed by atoms with Crippen LogP contribution in [0.1, 0.15) is 11.3 Å². The number of hydrogen-bond donors (Lipinski definition) is 1. The van der Waals surface area contributed by atoms with Crippen molar-refractivity contribution in [1.29, 1.82) is 0 Å². The highest BCUT2D eigenvalue weighted by molar-refractivity contribution is 5.81. The van der Waals surface area contributed by atoms with Crippen LogP contribution in [-0.4, -0.2) is 19.7 Å². The maximum atomic E-state index is 6.00. The first-order chi connectivity index (χ1) is 12.7. The maximum absolute atomic E-state index is 6.00. The van der Waals surface area contributed by atoms with Crippen LogP contribution in [0.3, 0.4) is 0 Å². The number of benzene rings is 1. The van der Waals surface area contributed by atoms with Gasteiger partial charge in [-0.15, -0.1) is 0 Å². The van der Waals surface area contributed by atoms with Crippen LogP contribution in [-0.2, 0) is 13.6 Å². The van der Waals surface area contributed by atoms with Crippen molar-refractivity contribution < 1.29 is 4.74 Å². The molecule has 0 unspecified atom stereocenters. The fourth-order valence-electron chi connectivity index (χ4n) is 2.89. The predicted molar refractivity (Wildman–Crippen MR) is 101 cm³/mol. The van der Waals surface area contributed by atoms with Gasteiger partial charge in [-0.1, -0.05) is 18.2 Å². The smallest absolute Gasteiger partial charge is 0.222 e. The monoisotopic (exact) mass is 345 g/mol. The van der Waals surface area contributed by atoms with Crippen LogP contribution in [0.25, 0.3) is 10.9 Å². The molecule has 130 valence electrons. The number of nitrogens with zero attached hydrogens (tertiary/aromatic N) is 4. The Bertz CT molecular complexity index is 1040. The number of pyridine rings is 2. The molecule has 0 bridgehead atoms. The molecule has 0 spiro atoms. The molecule has 0 amide bonds. The largest absolute Gasteiger partial charge is 0.437 e. The molecule has 6 nitrogen and oxygen atoms in total. The quantitative estimate of drug-likeness (QED) is 0.590. The SMILES string of the molecule is Cc1nn(C)c(Oc2cccnc2)c1CNc1cnc2ccccc2c1. The Labute approximate surface area is 151 Å². The molecule has 3 heterocycles. The van der Waals surface area contributed by atoms with Crippen molar-refractivity contribution in [2.24, 2.45) is 7.05 Å². The molecule has 0 fully saturated rings. The van der Waals surface area contributed by atoms with E-state index in [1.54, 1.807) is 17.1 Å². The number of hydrogen-bond acceptors (Lipinski definition) is 5. The van der Waals surface area contributed by atoms with Gasteiger partial charge in [0.1, 0.15) is 5.75 Å². The number of aryl methyl sites for hydroxylation is 2. The summed E-state index contributed by atoms with van der Waals surface area (Å²) < 4.78 is 7.75. The van der Waals surface area contributed by atoms with E-state index in [9.17, 15) is 0 Å². The zero-order valence-electron chi connectivity index (χ0n) is 14.7. The molecular formula is C20H19N5O. The highest BCUT2D eigenvalue weighted by Gasteiger charge is 2.15. The molecule has 1 N–H and O–H groups in total. The van der Waals surface area contributed by atoms with E-state index >= 15 is 0 Å². The van der Waals surface area contributed by atoms with Crippen molar-refractivity contribution in [3.8, 4) is 11.6 Å². The van der Waals surface area contributed by atoms with Crippen molar-refractivity contribution in [1.82, 2.24) is 19.7 Å². The summed E-state index contributed by atoms with van der Waals surface area (Å²) in [6.45, 7) is 2.57. The van der Waals surface area contributed by atoms with E-state index in [-0.39, 0.29) is 0 Å². The Morgan fingerprint density at radius 2 is 2.00 bits per heavy atom. The van der Waals surface area contributed by atoms with Gasteiger partial charge in [0.05, 0.1) is 34.9 Å². The van der Waals surface area contributed by atoms with E-state index in [1.807, 2.05) is 50.5 Å². The van der Waals surface area contributed by atoms with E-state index < -0.39 is 0 Å². The Morgan fingerprint density at radius 1 is 1.12 bits per heavy atom. The zero-order chi connectivity index (χ0) is 17.9. The van der Waals surface area contributed by atoms with E-state index in [0.29, 0.717) is 18.2 Å². The lowest BCUT2D eigenvalue weighted by Crippen LogP contribution is -2.03. The van der Waals surface area contributed by atoms with Crippen molar-refractivity contribution in [3.63, 3.8) is 0 Å². The Hall–Kier alpha value is -3.41. The van der Waals surface area contributed by atoms with Gasteiger partial charge in [-0.25, -0.2) is 4.68 Å². The number of ether oxygens (including phenoxy) is 1. The summed E-state index contributed by atoms with van der Waals surface area (Å²) in [4.78, 5) is 8.58. The van der Waals surface area contributed by atoms with Gasteiger partial charge >= 0.3 is 0 Å². The van der Waals surface area contributed by atoms with Crippen LogP contribution in [0.5, 0.6) is 11.6 Å². The third-order valence-electron chi connectivity index (χ3n) is 4.20. The first-order valence-corrected chi connectivity index (χ1v) is 8.40. The second-order valence-corrected chi connectivity index (χ2v) is 6.05. The molecule has 0 aliphatic rings. The second kappa shape index (κ2) is 6.84. The number of rotatable bonds is 5. The van der Waals surface area contributed by atoms with Crippen molar-refractivity contribution in [2.75, 3.05) is 5.32 Å². The third-order valence-corrected chi connectivity index (χ3v) is 4.20. The number of nitrogens with one attached hydrogen (secondary N) is 1. The summed E-state index contributed by atoms with van der Waals surface area (Å²) in [5.74, 6) is 1.39. The molecule has 4 rings (SSSR count). The van der Waals surface area contributed by atoms with E-state index in [1.165, 1.54) is 0 Å². The van der Waals surface area contributed by atoms with Gasteiger partial charge in [-0.05, 0) is 31.2 Å². The minimum Gasteiger partial charge on any atom is -0.437 e. The average molecular weight is 345 g/mol. The standard InChI is InChI=1S/C20H19N5O/c1-14-18(20(25(2)24-14)26-17-7-5-9-21-12-17)13-22-16-10-15-6-3-4-8-19(15)23-11-16/h3-12,22H,13H2,1-2H3. The lowest BCUT2D eigenvalue weighted by atomic mass is 10.2. The molecule has 6 heteroatoms. The average Bonchev–Trinajstić information content (AvgIpc) is 2.93. The highest BCUT2D eigenvalue weighted by Crippen LogP contribution is 2.27. The van der Waals surface area contributed by atoms with E-state index in [2.05, 4.69) is 32.5 Å². The minimum atomic E-state index is 0.593. The van der Waals surface area contributed by atoms with Crippen LogP contribution in [0, 0.1) is 6.92 Å². The van der Waals surface area contributed by atoms with Crippen molar-refractivity contribution >= 4 is 16.6 Å². The Kier molecular flexibility index (Phi) is 4.23. The van der Waals surface area contributed by atoms with Gasteiger partial charge in [0.15, 0.2) is 0 Å². The Morgan fingerprint density at radius 3 is 2.85 bits per heavy atom. The summed E-state index contributed by atoms with van der Waals surface area (Å²) in [6, 6.07) is 13.9. The van der Waals surface area contributed by atoms with Gasteiger partial charge < -0.3 is 10.1 Å². The molecule has 0 atom stereocenters. The molecule has 0 radical (unpaired) electrons. The number of fused-ring (bicyclic) bond motifs is 1. The molecule has 3 aromatic heterocycles. The van der Waals surface area contributed by atoms with Gasteiger partial charge in [0.2, 0.25) is 5.88 Å². The number of aromatic nitrogens is 4. The Balaban J connectivity index is 1.57. The minimum absolute atomic E-state index is 0.593. The molecule has 4 aromatic rings. The normalized spacial score (nSPS) is 10.8. The number of para-hydroxylation sites is 1. The van der Waals surface area contributed by atoms with Gasteiger partial charge in [-0.3, -0.25) is 9.97 Å². The van der Waals surface area contributed by atoms with E-state index in [0.717, 1.165) is 27.8 Å². The summed E-state index contributed by atoms with van der Waals surface area (Å²) in [5.41, 5.74) is 3.87. The summed E-state index contributed by atoms with van der Waals surface area (Å²) >= 11 is 0. The number of anilines is 1. The molecule has 0 aliphatic carbocycles. The third kappa shape index (κ3) is 3.21. The van der Waals surface area contributed by atoms with Crippen LogP contribution in [0.15, 0.2) is 61.1 Å². The van der Waals surface area contributed by atoms with Crippen molar-refractivity contribution in [3.05, 3.63) is 72.3 Å². The van der Waals surface area contributed by atoms with Gasteiger partial charge in [-0.2, -0.15) is 5.10 Å². The molecule has 0 saturated carbocycles. The maximum Gasteiger partial charge on any atom is 0.222 e. The second-order valence-electron chi connectivity index (χ2n) is 6.05. The first-order valence-electron chi connectivity index (χ1n) is 8.40. The summed E-state index contributed by atoms with van der Waals surface area (Å²) in [5, 5.41) is 9.01. The molecule has 26 heavy (non-hydrogen) atoms. The fourth-order valence-corrected chi connectivity index (χ4v) is 2.89. The molecule has 1 aromatic carbocycles. The summed E-state index contributed by atoms with van der Waals surface area (Å²) in [7, 11) is 1.87. The van der Waals surface area contributed by atoms with E-state index in [4.69, 9.17) is 4.74 Å². The molecular weight excluding hydrogens is 326 g/mol. The lowest BCUT2D eigenvalue weighted by molar-refractivity contribution is 0.425. The first kappa shape index (κ1) is 16.1. The summed E-state index contributed by atoms with van der Waals surface area (Å²) in [6.07, 6.45) is 5.25. The topological polar surface area (TPSA) is 64.9 Å². The van der Waals surface area contributed by atoms with Crippen LogP contribution in [0.4, 0.5) is 5.69 Å².